The van der Waals surface area contributed by atoms with Crippen LogP contribution in [0.2, 0.25) is 0 Å². The zero-order valence-electron chi connectivity index (χ0n) is 15.5. The van der Waals surface area contributed by atoms with E-state index in [4.69, 9.17) is 10.5 Å². The molecule has 4 nitrogen and oxygen atoms in total. The Balaban J connectivity index is 1.98. The molecule has 140 valence electrons. The van der Waals surface area contributed by atoms with Crippen molar-refractivity contribution in [1.82, 2.24) is 0 Å². The molecule has 25 heavy (non-hydrogen) atoms. The SMILES string of the molecule is CCCCCC/C=C\CCCCCCOC(=O)c1ccc(N)c(O)c1. The molecule has 0 fully saturated rings. The summed E-state index contributed by atoms with van der Waals surface area (Å²) in [5.41, 5.74) is 6.09. The number of hydrogen-bond acceptors (Lipinski definition) is 4. The fourth-order valence-electron chi connectivity index (χ4n) is 2.56. The number of aromatic hydroxyl groups is 1. The monoisotopic (exact) mass is 347 g/mol. The number of unbranched alkanes of at least 4 members (excludes halogenated alkanes) is 8. The maximum atomic E-state index is 11.8. The summed E-state index contributed by atoms with van der Waals surface area (Å²) in [4.78, 5) is 11.8. The topological polar surface area (TPSA) is 72.5 Å². The number of nitrogen functional groups attached to an aromatic ring is 1. The first-order chi connectivity index (χ1) is 12.1. The van der Waals surface area contributed by atoms with Crippen LogP contribution in [0.4, 0.5) is 5.69 Å². The maximum absolute atomic E-state index is 11.8. The van der Waals surface area contributed by atoms with Gasteiger partial charge in [-0.15, -0.1) is 0 Å². The predicted molar refractivity (Wildman–Crippen MR) is 104 cm³/mol. The van der Waals surface area contributed by atoms with Crippen LogP contribution < -0.4 is 5.73 Å². The second-order valence-electron chi connectivity index (χ2n) is 6.43. The first kappa shape index (κ1) is 21.1. The number of esters is 1. The Labute approximate surface area is 152 Å². The molecule has 1 rings (SSSR count). The largest absolute Gasteiger partial charge is 0.506 e. The number of rotatable bonds is 13. The van der Waals surface area contributed by atoms with Gasteiger partial charge < -0.3 is 15.6 Å². The van der Waals surface area contributed by atoms with E-state index < -0.39 is 5.97 Å². The third-order valence-corrected chi connectivity index (χ3v) is 4.16. The number of allylic oxidation sites excluding steroid dienone is 2. The van der Waals surface area contributed by atoms with Gasteiger partial charge in [0, 0.05) is 0 Å². The molecule has 0 saturated heterocycles. The lowest BCUT2D eigenvalue weighted by atomic mass is 10.1. The zero-order valence-corrected chi connectivity index (χ0v) is 15.5. The van der Waals surface area contributed by atoms with Crippen molar-refractivity contribution in [1.29, 1.82) is 0 Å². The summed E-state index contributed by atoms with van der Waals surface area (Å²) < 4.78 is 5.21. The molecule has 0 spiro atoms. The van der Waals surface area contributed by atoms with E-state index in [-0.39, 0.29) is 11.4 Å². The molecule has 4 heteroatoms. The second-order valence-corrected chi connectivity index (χ2v) is 6.43. The zero-order chi connectivity index (χ0) is 18.3. The summed E-state index contributed by atoms with van der Waals surface area (Å²) in [6.07, 6.45) is 16.5. The Kier molecular flexibility index (Phi) is 11.2. The molecule has 0 aromatic heterocycles. The van der Waals surface area contributed by atoms with E-state index in [2.05, 4.69) is 19.1 Å². The highest BCUT2D eigenvalue weighted by Gasteiger charge is 2.09. The van der Waals surface area contributed by atoms with Crippen molar-refractivity contribution in [2.24, 2.45) is 0 Å². The summed E-state index contributed by atoms with van der Waals surface area (Å²) >= 11 is 0. The van der Waals surface area contributed by atoms with E-state index in [1.807, 2.05) is 0 Å². The molecule has 0 atom stereocenters. The standard InChI is InChI=1S/C21H33NO3/c1-2-3-4-5-6-7-8-9-10-11-12-13-16-25-21(24)18-14-15-19(22)20(23)17-18/h7-8,14-15,17,23H,2-6,9-13,16,22H2,1H3/b8-7-. The average Bonchev–Trinajstić information content (AvgIpc) is 2.61. The minimum absolute atomic E-state index is 0.0899. The van der Waals surface area contributed by atoms with Crippen molar-refractivity contribution >= 4 is 11.7 Å². The average molecular weight is 347 g/mol. The quantitative estimate of drug-likeness (QED) is 0.160. The fraction of sp³-hybridized carbons (Fsp3) is 0.571. The number of phenols is 1. The highest BCUT2D eigenvalue weighted by atomic mass is 16.5. The molecular formula is C21H33NO3. The van der Waals surface area contributed by atoms with Gasteiger partial charge in [0.1, 0.15) is 5.75 Å². The van der Waals surface area contributed by atoms with Crippen molar-refractivity contribution in [3.63, 3.8) is 0 Å². The van der Waals surface area contributed by atoms with Gasteiger partial charge in [-0.25, -0.2) is 4.79 Å². The van der Waals surface area contributed by atoms with Crippen LogP contribution in [0.5, 0.6) is 5.75 Å². The number of phenolic OH excluding ortho intramolecular Hbond substituents is 1. The van der Waals surface area contributed by atoms with Gasteiger partial charge in [-0.3, -0.25) is 0 Å². The molecule has 0 heterocycles. The van der Waals surface area contributed by atoms with Gasteiger partial charge >= 0.3 is 5.97 Å². The molecule has 0 aliphatic carbocycles. The fourth-order valence-corrected chi connectivity index (χ4v) is 2.56. The van der Waals surface area contributed by atoms with Crippen molar-refractivity contribution in [3.05, 3.63) is 35.9 Å². The molecular weight excluding hydrogens is 314 g/mol. The van der Waals surface area contributed by atoms with Crippen LogP contribution in [-0.4, -0.2) is 17.7 Å². The first-order valence-corrected chi connectivity index (χ1v) is 9.55. The van der Waals surface area contributed by atoms with E-state index in [1.165, 1.54) is 50.7 Å². The molecule has 0 amide bonds. The van der Waals surface area contributed by atoms with Crippen molar-refractivity contribution < 1.29 is 14.6 Å². The predicted octanol–water partition coefficient (Wildman–Crippen LogP) is 5.61. The third-order valence-electron chi connectivity index (χ3n) is 4.16. The molecule has 0 radical (unpaired) electrons. The van der Waals surface area contributed by atoms with Gasteiger partial charge in [-0.05, 0) is 50.3 Å². The van der Waals surface area contributed by atoms with Crippen LogP contribution >= 0.6 is 0 Å². The van der Waals surface area contributed by atoms with Gasteiger partial charge in [-0.2, -0.15) is 0 Å². The smallest absolute Gasteiger partial charge is 0.338 e. The molecule has 3 N–H and O–H groups in total. The molecule has 1 aromatic carbocycles. The highest BCUT2D eigenvalue weighted by molar-refractivity contribution is 5.90. The molecule has 0 aliphatic rings. The minimum Gasteiger partial charge on any atom is -0.506 e. The van der Waals surface area contributed by atoms with Crippen molar-refractivity contribution in [2.45, 2.75) is 71.1 Å². The van der Waals surface area contributed by atoms with Crippen LogP contribution in [0, 0.1) is 0 Å². The number of carbonyl (C=O) groups is 1. The Hall–Kier alpha value is -1.97. The van der Waals surface area contributed by atoms with Crippen LogP contribution in [0.25, 0.3) is 0 Å². The molecule has 1 aromatic rings. The summed E-state index contributed by atoms with van der Waals surface area (Å²) in [7, 11) is 0. The summed E-state index contributed by atoms with van der Waals surface area (Å²) in [5, 5.41) is 9.49. The van der Waals surface area contributed by atoms with E-state index in [0.717, 1.165) is 25.7 Å². The number of benzene rings is 1. The second kappa shape index (κ2) is 13.3. The Morgan fingerprint density at radius 1 is 1.04 bits per heavy atom. The molecule has 0 bridgehead atoms. The number of nitrogens with two attached hydrogens (primary N) is 1. The summed E-state index contributed by atoms with van der Waals surface area (Å²) in [6, 6.07) is 4.40. The van der Waals surface area contributed by atoms with E-state index in [9.17, 15) is 9.90 Å². The normalized spacial score (nSPS) is 11.1. The first-order valence-electron chi connectivity index (χ1n) is 9.55. The Morgan fingerprint density at radius 3 is 2.32 bits per heavy atom. The lowest BCUT2D eigenvalue weighted by molar-refractivity contribution is 0.0497. The van der Waals surface area contributed by atoms with Crippen LogP contribution in [-0.2, 0) is 4.74 Å². The van der Waals surface area contributed by atoms with Crippen molar-refractivity contribution in [3.8, 4) is 5.75 Å². The number of hydrogen-bond donors (Lipinski definition) is 2. The van der Waals surface area contributed by atoms with Crippen LogP contribution in [0.15, 0.2) is 30.4 Å². The number of ether oxygens (including phenoxy) is 1. The van der Waals surface area contributed by atoms with Crippen molar-refractivity contribution in [2.75, 3.05) is 12.3 Å². The minimum atomic E-state index is -0.415. The van der Waals surface area contributed by atoms with Gasteiger partial charge in [0.15, 0.2) is 0 Å². The van der Waals surface area contributed by atoms with Gasteiger partial charge in [-0.1, -0.05) is 51.2 Å². The maximum Gasteiger partial charge on any atom is 0.338 e. The molecule has 0 saturated carbocycles. The summed E-state index contributed by atoms with van der Waals surface area (Å²) in [6.45, 7) is 2.65. The number of anilines is 1. The lowest BCUT2D eigenvalue weighted by Crippen LogP contribution is -2.06. The molecule has 0 unspecified atom stereocenters. The van der Waals surface area contributed by atoms with E-state index >= 15 is 0 Å². The Morgan fingerprint density at radius 2 is 1.68 bits per heavy atom. The lowest BCUT2D eigenvalue weighted by Gasteiger charge is -2.06. The van der Waals surface area contributed by atoms with Crippen LogP contribution in [0.3, 0.4) is 0 Å². The Bertz CT molecular complexity index is 526. The van der Waals surface area contributed by atoms with Gasteiger partial charge in [0.25, 0.3) is 0 Å². The van der Waals surface area contributed by atoms with Crippen LogP contribution in [0.1, 0.15) is 81.5 Å². The van der Waals surface area contributed by atoms with Gasteiger partial charge in [0.05, 0.1) is 17.9 Å². The van der Waals surface area contributed by atoms with E-state index in [1.54, 1.807) is 6.07 Å². The van der Waals surface area contributed by atoms with E-state index in [0.29, 0.717) is 12.2 Å². The molecule has 0 aliphatic heterocycles. The number of carbonyl (C=O) groups excluding carboxylic acids is 1. The third kappa shape index (κ3) is 9.80. The van der Waals surface area contributed by atoms with Gasteiger partial charge in [0.2, 0.25) is 0 Å². The summed E-state index contributed by atoms with van der Waals surface area (Å²) in [5.74, 6) is -0.505. The highest BCUT2D eigenvalue weighted by Crippen LogP contribution is 2.21.